The van der Waals surface area contributed by atoms with Crippen LogP contribution in [0.1, 0.15) is 129 Å². The largest absolute Gasteiger partial charge is 0.481 e. The van der Waals surface area contributed by atoms with Crippen LogP contribution in [-0.4, -0.2) is 41.3 Å². The third-order valence-corrected chi connectivity index (χ3v) is 17.4. The summed E-state index contributed by atoms with van der Waals surface area (Å²) in [6.07, 6.45) is 13.0. The van der Waals surface area contributed by atoms with Crippen LogP contribution >= 0.6 is 0 Å². The summed E-state index contributed by atoms with van der Waals surface area (Å²) in [6, 6.07) is 11.7. The Kier molecular flexibility index (Phi) is 11.3. The van der Waals surface area contributed by atoms with Crippen LogP contribution in [0.15, 0.2) is 59.7 Å². The standard InChI is InChI=1S/C48H64N2O4.CH5N/c1-27(2)42-40(51)26-48(22-23-49-44(52)39-14-12-31-10-8-9-11-38(31)50-39)21-18-37-33(43(42)48)13-15-41-46(6)19-16-32(29(4)36(46)17-20-47(37,41)7)24-28(3)34-25-35(30(34)5)45(53)54;1-2/h8-12,14,27,29-30,32-37,41H,3,13,15-26H2,1-2,4-7H3,(H,49,52)(H,53,54);2H2,1H3. The van der Waals surface area contributed by atoms with Gasteiger partial charge in [0.25, 0.3) is 5.91 Å². The van der Waals surface area contributed by atoms with Gasteiger partial charge in [-0.2, -0.15) is 0 Å². The number of nitrogens with one attached hydrogen (secondary N) is 1. The zero-order valence-corrected chi connectivity index (χ0v) is 35.3. The molecule has 0 radical (unpaired) electrons. The average Bonchev–Trinajstić information content (AvgIpc) is 3.48. The van der Waals surface area contributed by atoms with Gasteiger partial charge >= 0.3 is 5.97 Å². The molecule has 6 aliphatic carbocycles. The Bertz CT molecular complexity index is 1900. The molecule has 6 aliphatic rings. The number of ketones is 1. The maximum Gasteiger partial charge on any atom is 0.306 e. The van der Waals surface area contributed by atoms with Gasteiger partial charge in [-0.05, 0) is 159 Å². The number of allylic oxidation sites excluding steroid dienone is 3. The van der Waals surface area contributed by atoms with Crippen LogP contribution in [0.5, 0.6) is 0 Å². The first-order valence-corrected chi connectivity index (χ1v) is 22.1. The molecule has 56 heavy (non-hydrogen) atoms. The number of para-hydroxylation sites is 1. The molecule has 1 aromatic carbocycles. The molecule has 0 bridgehead atoms. The molecular formula is C49H69N3O4. The van der Waals surface area contributed by atoms with E-state index in [4.69, 9.17) is 0 Å². The highest BCUT2D eigenvalue weighted by Crippen LogP contribution is 2.72. The summed E-state index contributed by atoms with van der Waals surface area (Å²) in [7, 11) is 1.50. The van der Waals surface area contributed by atoms with Gasteiger partial charge in [-0.3, -0.25) is 14.4 Å². The lowest BCUT2D eigenvalue weighted by atomic mass is 9.37. The number of hydrogen-bond donors (Lipinski definition) is 3. The molecule has 5 saturated carbocycles. The first-order valence-electron chi connectivity index (χ1n) is 22.1. The number of pyridine rings is 1. The lowest BCUT2D eigenvalue weighted by molar-refractivity contribution is -0.170. The molecule has 8 rings (SSSR count). The van der Waals surface area contributed by atoms with Crippen LogP contribution in [-0.2, 0) is 9.59 Å². The van der Waals surface area contributed by atoms with Crippen molar-refractivity contribution in [1.29, 1.82) is 0 Å². The summed E-state index contributed by atoms with van der Waals surface area (Å²) in [6.45, 7) is 19.5. The minimum Gasteiger partial charge on any atom is -0.481 e. The second-order valence-corrected chi connectivity index (χ2v) is 20.0. The molecule has 0 saturated heterocycles. The number of carboxylic acids is 1. The molecule has 2 aromatic rings. The molecular weight excluding hydrogens is 695 g/mol. The quantitative estimate of drug-likeness (QED) is 0.219. The zero-order chi connectivity index (χ0) is 40.3. The zero-order valence-electron chi connectivity index (χ0n) is 35.3. The van der Waals surface area contributed by atoms with Gasteiger partial charge in [0.05, 0.1) is 11.4 Å². The molecule has 304 valence electrons. The summed E-state index contributed by atoms with van der Waals surface area (Å²) in [5, 5.41) is 13.8. The van der Waals surface area contributed by atoms with E-state index in [0.29, 0.717) is 71.3 Å². The average molecular weight is 764 g/mol. The van der Waals surface area contributed by atoms with Crippen molar-refractivity contribution >= 4 is 28.6 Å². The molecule has 12 atom stereocenters. The maximum atomic E-state index is 14.0. The summed E-state index contributed by atoms with van der Waals surface area (Å²) in [5.74, 6) is 3.90. The van der Waals surface area contributed by atoms with Gasteiger partial charge in [0.2, 0.25) is 0 Å². The van der Waals surface area contributed by atoms with Gasteiger partial charge in [-0.15, -0.1) is 0 Å². The van der Waals surface area contributed by atoms with Gasteiger partial charge < -0.3 is 16.2 Å². The van der Waals surface area contributed by atoms with Gasteiger partial charge in [0.15, 0.2) is 5.78 Å². The Morgan fingerprint density at radius 1 is 0.929 bits per heavy atom. The highest BCUT2D eigenvalue weighted by molar-refractivity contribution is 6.00. The SMILES string of the molecule is C=C(CC1CCC2(C)C(CCC3(C)C4CCC5(CCNC(=O)c6ccc7ccccc7n6)CC(=O)C(C(C)C)=C5C4CCC32)C1C)C1CC(C(=O)O)C1C.CN. The fourth-order valence-corrected chi connectivity index (χ4v) is 14.6. The van der Waals surface area contributed by atoms with Gasteiger partial charge in [-0.25, -0.2) is 4.98 Å². The number of carbonyl (C=O) groups is 3. The Hall–Kier alpha value is -3.32. The van der Waals surface area contributed by atoms with E-state index in [1.165, 1.54) is 63.1 Å². The third kappa shape index (κ3) is 6.60. The highest BCUT2D eigenvalue weighted by Gasteiger charge is 2.64. The summed E-state index contributed by atoms with van der Waals surface area (Å²) < 4.78 is 0. The normalized spacial score (nSPS) is 38.7. The van der Waals surface area contributed by atoms with Crippen molar-refractivity contribution in [1.82, 2.24) is 10.3 Å². The van der Waals surface area contributed by atoms with E-state index in [2.05, 4.69) is 64.2 Å². The summed E-state index contributed by atoms with van der Waals surface area (Å²) >= 11 is 0. The molecule has 7 heteroatoms. The first kappa shape index (κ1) is 40.9. The predicted octanol–water partition coefficient (Wildman–Crippen LogP) is 10.0. The molecule has 1 amide bonds. The van der Waals surface area contributed by atoms with Crippen molar-refractivity contribution in [3.8, 4) is 0 Å². The van der Waals surface area contributed by atoms with Crippen molar-refractivity contribution in [2.45, 2.75) is 119 Å². The van der Waals surface area contributed by atoms with Crippen LogP contribution in [0.4, 0.5) is 0 Å². The third-order valence-electron chi connectivity index (χ3n) is 17.4. The second kappa shape index (κ2) is 15.5. The number of rotatable bonds is 9. The smallest absolute Gasteiger partial charge is 0.306 e. The van der Waals surface area contributed by atoms with Gasteiger partial charge in [-0.1, -0.05) is 83.5 Å². The van der Waals surface area contributed by atoms with Crippen LogP contribution in [0.3, 0.4) is 0 Å². The van der Waals surface area contributed by atoms with Crippen LogP contribution in [0.2, 0.25) is 0 Å². The predicted molar refractivity (Wildman–Crippen MR) is 225 cm³/mol. The lowest BCUT2D eigenvalue weighted by Crippen LogP contribution is -2.60. The number of nitrogens with zero attached hydrogens (tertiary/aromatic N) is 1. The Morgan fingerprint density at radius 3 is 2.34 bits per heavy atom. The van der Waals surface area contributed by atoms with Crippen molar-refractivity contribution < 1.29 is 19.5 Å². The van der Waals surface area contributed by atoms with Gasteiger partial charge in [0, 0.05) is 23.8 Å². The number of aliphatic carboxylic acids is 1. The molecule has 1 aromatic heterocycles. The molecule has 1 heterocycles. The number of Topliss-reactive ketones (excluding diaryl/α,β-unsaturated/α-hetero) is 1. The van der Waals surface area contributed by atoms with Crippen molar-refractivity contribution in [2.75, 3.05) is 13.6 Å². The number of nitrogens with two attached hydrogens (primary N) is 1. The minimum absolute atomic E-state index is 0.138. The molecule has 12 unspecified atom stereocenters. The molecule has 7 nitrogen and oxygen atoms in total. The van der Waals surface area contributed by atoms with Crippen LogP contribution in [0, 0.1) is 75.4 Å². The van der Waals surface area contributed by atoms with Crippen molar-refractivity contribution in [3.63, 3.8) is 0 Å². The van der Waals surface area contributed by atoms with E-state index in [9.17, 15) is 19.5 Å². The van der Waals surface area contributed by atoms with Gasteiger partial charge in [0.1, 0.15) is 5.69 Å². The summed E-state index contributed by atoms with van der Waals surface area (Å²) in [4.78, 5) is 43.6. The van der Waals surface area contributed by atoms with E-state index >= 15 is 0 Å². The maximum absolute atomic E-state index is 14.0. The lowest BCUT2D eigenvalue weighted by Gasteiger charge is -2.67. The Labute approximate surface area is 336 Å². The molecule has 0 aliphatic heterocycles. The van der Waals surface area contributed by atoms with E-state index in [-0.39, 0.29) is 34.5 Å². The number of fused-ring (bicyclic) bond motifs is 8. The number of aromatic nitrogens is 1. The van der Waals surface area contributed by atoms with E-state index in [0.717, 1.165) is 42.2 Å². The molecule has 4 N–H and O–H groups in total. The van der Waals surface area contributed by atoms with Crippen molar-refractivity contribution in [3.05, 3.63) is 65.4 Å². The second-order valence-electron chi connectivity index (χ2n) is 20.0. The Balaban J connectivity index is 0.00000237. The number of carbonyl (C=O) groups excluding carboxylic acids is 2. The summed E-state index contributed by atoms with van der Waals surface area (Å²) in [5.41, 5.74) is 10.1. The number of amides is 1. The van der Waals surface area contributed by atoms with Crippen molar-refractivity contribution in [2.24, 2.45) is 81.2 Å². The number of carboxylic acid groups (broad SMARTS) is 1. The molecule has 0 spiro atoms. The number of benzene rings is 1. The monoisotopic (exact) mass is 764 g/mol. The van der Waals surface area contributed by atoms with E-state index < -0.39 is 5.97 Å². The fraction of sp³-hybridized carbons (Fsp3) is 0.673. The molecule has 5 fully saturated rings. The minimum atomic E-state index is -0.646. The Morgan fingerprint density at radius 2 is 1.62 bits per heavy atom. The fourth-order valence-electron chi connectivity index (χ4n) is 14.6. The van der Waals surface area contributed by atoms with Crippen LogP contribution in [0.25, 0.3) is 10.9 Å². The number of hydrogen-bond acceptors (Lipinski definition) is 5. The van der Waals surface area contributed by atoms with E-state index in [1.807, 2.05) is 36.4 Å². The topological polar surface area (TPSA) is 122 Å². The first-order chi connectivity index (χ1) is 26.7. The van der Waals surface area contributed by atoms with Crippen LogP contribution < -0.4 is 11.1 Å². The van der Waals surface area contributed by atoms with E-state index in [1.54, 1.807) is 0 Å². The highest BCUT2D eigenvalue weighted by atomic mass is 16.4.